The van der Waals surface area contributed by atoms with E-state index in [0.717, 1.165) is 11.6 Å². The van der Waals surface area contributed by atoms with Gasteiger partial charge in [0.25, 0.3) is 0 Å². The molecule has 0 radical (unpaired) electrons. The first-order valence-corrected chi connectivity index (χ1v) is 6.30. The standard InChI is InChI=1S/C16H16FNO2/c1-10-7-13(14(17)9-15(10)19)12-5-3-11(4-6-12)8-16(20)18-2/h3-7,9,19H,8H2,1-2H3,(H,18,20). The summed E-state index contributed by atoms with van der Waals surface area (Å²) in [4.78, 5) is 11.3. The number of hydrogen-bond donors (Lipinski definition) is 2. The predicted molar refractivity (Wildman–Crippen MR) is 76.0 cm³/mol. The van der Waals surface area contributed by atoms with Gasteiger partial charge in [-0.3, -0.25) is 4.79 Å². The van der Waals surface area contributed by atoms with Crippen molar-refractivity contribution in [2.75, 3.05) is 7.05 Å². The molecule has 2 aromatic rings. The second kappa shape index (κ2) is 5.74. The lowest BCUT2D eigenvalue weighted by Crippen LogP contribution is -2.19. The Bertz CT molecular complexity index is 636. The van der Waals surface area contributed by atoms with Gasteiger partial charge in [0, 0.05) is 18.7 Å². The molecule has 3 nitrogen and oxygen atoms in total. The van der Waals surface area contributed by atoms with E-state index in [1.165, 1.54) is 0 Å². The molecular weight excluding hydrogens is 257 g/mol. The third kappa shape index (κ3) is 2.96. The van der Waals surface area contributed by atoms with Gasteiger partial charge in [-0.2, -0.15) is 0 Å². The highest BCUT2D eigenvalue weighted by Gasteiger charge is 2.09. The largest absolute Gasteiger partial charge is 0.508 e. The highest BCUT2D eigenvalue weighted by atomic mass is 19.1. The van der Waals surface area contributed by atoms with Crippen LogP contribution in [0.2, 0.25) is 0 Å². The summed E-state index contributed by atoms with van der Waals surface area (Å²) in [5.74, 6) is -0.584. The molecule has 2 aromatic carbocycles. The minimum atomic E-state index is -0.466. The van der Waals surface area contributed by atoms with Crippen molar-refractivity contribution in [3.63, 3.8) is 0 Å². The van der Waals surface area contributed by atoms with Crippen LogP contribution in [0.3, 0.4) is 0 Å². The molecule has 4 heteroatoms. The van der Waals surface area contributed by atoms with Crippen molar-refractivity contribution in [2.24, 2.45) is 0 Å². The van der Waals surface area contributed by atoms with E-state index in [2.05, 4.69) is 5.32 Å². The van der Waals surface area contributed by atoms with E-state index >= 15 is 0 Å². The first-order valence-electron chi connectivity index (χ1n) is 6.30. The van der Waals surface area contributed by atoms with Crippen LogP contribution in [0.1, 0.15) is 11.1 Å². The summed E-state index contributed by atoms with van der Waals surface area (Å²) in [5.41, 5.74) is 2.64. The molecule has 0 saturated carbocycles. The minimum absolute atomic E-state index is 0.0533. The lowest BCUT2D eigenvalue weighted by Gasteiger charge is -2.08. The molecule has 104 valence electrons. The van der Waals surface area contributed by atoms with E-state index in [1.54, 1.807) is 44.3 Å². The van der Waals surface area contributed by atoms with E-state index in [1.807, 2.05) is 0 Å². The molecule has 0 bridgehead atoms. The molecular formula is C16H16FNO2. The van der Waals surface area contributed by atoms with Gasteiger partial charge in [-0.25, -0.2) is 4.39 Å². The first-order chi connectivity index (χ1) is 9.51. The second-order valence-electron chi connectivity index (χ2n) is 4.67. The SMILES string of the molecule is CNC(=O)Cc1ccc(-c2cc(C)c(O)cc2F)cc1. The summed E-state index contributed by atoms with van der Waals surface area (Å²) in [6, 6.07) is 9.86. The van der Waals surface area contributed by atoms with Crippen molar-refractivity contribution >= 4 is 5.91 Å². The van der Waals surface area contributed by atoms with Crippen LogP contribution in [-0.2, 0) is 11.2 Å². The molecule has 20 heavy (non-hydrogen) atoms. The second-order valence-corrected chi connectivity index (χ2v) is 4.67. The smallest absolute Gasteiger partial charge is 0.224 e. The summed E-state index contributed by atoms with van der Waals surface area (Å²) in [6.07, 6.45) is 0.299. The molecule has 0 saturated heterocycles. The molecule has 0 spiro atoms. The molecule has 0 heterocycles. The zero-order valence-corrected chi connectivity index (χ0v) is 11.4. The number of phenols is 1. The van der Waals surface area contributed by atoms with E-state index < -0.39 is 5.82 Å². The first kappa shape index (κ1) is 14.1. The normalized spacial score (nSPS) is 10.3. The highest BCUT2D eigenvalue weighted by Crippen LogP contribution is 2.29. The van der Waals surface area contributed by atoms with Gasteiger partial charge in [-0.05, 0) is 29.7 Å². The number of aryl methyl sites for hydroxylation is 1. The zero-order valence-electron chi connectivity index (χ0n) is 11.4. The maximum Gasteiger partial charge on any atom is 0.224 e. The average molecular weight is 273 g/mol. The molecule has 1 amide bonds. The number of nitrogens with one attached hydrogen (secondary N) is 1. The molecule has 0 aliphatic carbocycles. The fourth-order valence-electron chi connectivity index (χ4n) is 1.97. The van der Waals surface area contributed by atoms with Gasteiger partial charge < -0.3 is 10.4 Å². The number of likely N-dealkylation sites (N-methyl/N-ethyl adjacent to an activating group) is 1. The highest BCUT2D eigenvalue weighted by molar-refractivity contribution is 5.78. The number of aromatic hydroxyl groups is 1. The van der Waals surface area contributed by atoms with E-state index in [0.29, 0.717) is 23.1 Å². The van der Waals surface area contributed by atoms with Crippen LogP contribution in [0, 0.1) is 12.7 Å². The lowest BCUT2D eigenvalue weighted by atomic mass is 10.00. The summed E-state index contributed by atoms with van der Waals surface area (Å²) in [7, 11) is 1.59. The maximum absolute atomic E-state index is 13.9. The van der Waals surface area contributed by atoms with Crippen LogP contribution in [0.4, 0.5) is 4.39 Å². The number of carbonyl (C=O) groups is 1. The van der Waals surface area contributed by atoms with Crippen molar-refractivity contribution in [3.8, 4) is 16.9 Å². The Labute approximate surface area is 117 Å². The molecule has 0 aliphatic heterocycles. The Morgan fingerprint density at radius 3 is 2.50 bits per heavy atom. The zero-order chi connectivity index (χ0) is 14.7. The Balaban J connectivity index is 2.30. The number of halogens is 1. The van der Waals surface area contributed by atoms with E-state index in [-0.39, 0.29) is 11.7 Å². The quantitative estimate of drug-likeness (QED) is 0.903. The van der Waals surface area contributed by atoms with Crippen LogP contribution in [0.15, 0.2) is 36.4 Å². The lowest BCUT2D eigenvalue weighted by molar-refractivity contribution is -0.119. The molecule has 2 rings (SSSR count). The topological polar surface area (TPSA) is 49.3 Å². The van der Waals surface area contributed by atoms with Crippen LogP contribution >= 0.6 is 0 Å². The van der Waals surface area contributed by atoms with Gasteiger partial charge in [0.05, 0.1) is 6.42 Å². The Hall–Kier alpha value is -2.36. The number of amides is 1. The number of phenolic OH excluding ortho intramolecular Hbond substituents is 1. The van der Waals surface area contributed by atoms with Crippen molar-refractivity contribution in [3.05, 3.63) is 53.3 Å². The number of rotatable bonds is 3. The summed E-state index contributed by atoms with van der Waals surface area (Å²) in [5, 5.41) is 12.0. The molecule has 0 aliphatic rings. The number of hydrogen-bond acceptors (Lipinski definition) is 2. The summed E-state index contributed by atoms with van der Waals surface area (Å²) < 4.78 is 13.9. The molecule has 0 aromatic heterocycles. The summed E-state index contributed by atoms with van der Waals surface area (Å²) >= 11 is 0. The van der Waals surface area contributed by atoms with Gasteiger partial charge in [0.1, 0.15) is 11.6 Å². The van der Waals surface area contributed by atoms with Crippen molar-refractivity contribution in [1.29, 1.82) is 0 Å². The molecule has 0 atom stereocenters. The molecule has 0 fully saturated rings. The van der Waals surface area contributed by atoms with Gasteiger partial charge in [-0.1, -0.05) is 24.3 Å². The Morgan fingerprint density at radius 2 is 1.90 bits per heavy atom. The molecule has 0 unspecified atom stereocenters. The number of benzene rings is 2. The van der Waals surface area contributed by atoms with Crippen LogP contribution in [-0.4, -0.2) is 18.1 Å². The van der Waals surface area contributed by atoms with Crippen molar-refractivity contribution < 1.29 is 14.3 Å². The van der Waals surface area contributed by atoms with Gasteiger partial charge in [0.2, 0.25) is 5.91 Å². The van der Waals surface area contributed by atoms with E-state index in [9.17, 15) is 14.3 Å². The van der Waals surface area contributed by atoms with E-state index in [4.69, 9.17) is 0 Å². The third-order valence-corrected chi connectivity index (χ3v) is 3.19. The predicted octanol–water partition coefficient (Wildman–Crippen LogP) is 2.80. The maximum atomic E-state index is 13.9. The van der Waals surface area contributed by atoms with Gasteiger partial charge >= 0.3 is 0 Å². The average Bonchev–Trinajstić information content (AvgIpc) is 2.44. The fourth-order valence-corrected chi connectivity index (χ4v) is 1.97. The van der Waals surface area contributed by atoms with Crippen LogP contribution < -0.4 is 5.32 Å². The van der Waals surface area contributed by atoms with Gasteiger partial charge in [0.15, 0.2) is 0 Å². The monoisotopic (exact) mass is 273 g/mol. The summed E-state index contributed by atoms with van der Waals surface area (Å²) in [6.45, 7) is 1.72. The van der Waals surface area contributed by atoms with Gasteiger partial charge in [-0.15, -0.1) is 0 Å². The minimum Gasteiger partial charge on any atom is -0.508 e. The van der Waals surface area contributed by atoms with Crippen molar-refractivity contribution in [2.45, 2.75) is 13.3 Å². The Morgan fingerprint density at radius 1 is 1.25 bits per heavy atom. The fraction of sp³-hybridized carbons (Fsp3) is 0.188. The Kier molecular flexibility index (Phi) is 4.03. The third-order valence-electron chi connectivity index (χ3n) is 3.19. The number of carbonyl (C=O) groups excluding carboxylic acids is 1. The van der Waals surface area contributed by atoms with Crippen molar-refractivity contribution in [1.82, 2.24) is 5.32 Å². The molecule has 2 N–H and O–H groups in total. The van der Waals surface area contributed by atoms with Crippen LogP contribution in [0.5, 0.6) is 5.75 Å². The van der Waals surface area contributed by atoms with Crippen LogP contribution in [0.25, 0.3) is 11.1 Å².